The van der Waals surface area contributed by atoms with Crippen LogP contribution in [0.25, 0.3) is 0 Å². The third-order valence-electron chi connectivity index (χ3n) is 4.50. The number of ether oxygens (including phenoxy) is 2. The highest BCUT2D eigenvalue weighted by Crippen LogP contribution is 2.52. The fourth-order valence-corrected chi connectivity index (χ4v) is 3.52. The molecule has 3 rings (SSSR count). The second-order valence-electron chi connectivity index (χ2n) is 5.97. The van der Waals surface area contributed by atoms with Gasteiger partial charge in [0.15, 0.2) is 5.41 Å². The van der Waals surface area contributed by atoms with Crippen molar-refractivity contribution < 1.29 is 19.1 Å². The molecule has 26 heavy (non-hydrogen) atoms. The van der Waals surface area contributed by atoms with E-state index in [0.717, 1.165) is 0 Å². The molecule has 0 aromatic heterocycles. The Hall–Kier alpha value is -3.27. The van der Waals surface area contributed by atoms with Crippen LogP contribution in [-0.4, -0.2) is 18.5 Å². The van der Waals surface area contributed by atoms with Crippen molar-refractivity contribution in [1.29, 1.82) is 5.26 Å². The molecule has 0 saturated heterocycles. The predicted octanol–water partition coefficient (Wildman–Crippen LogP) is 2.22. The first kappa shape index (κ1) is 17.5. The molecule has 0 unspecified atom stereocenters. The molecule has 1 aromatic carbocycles. The highest BCUT2D eigenvalue weighted by atomic mass is 16.5. The van der Waals surface area contributed by atoms with Gasteiger partial charge in [-0.05, 0) is 19.4 Å². The van der Waals surface area contributed by atoms with Gasteiger partial charge in [0.1, 0.15) is 23.0 Å². The summed E-state index contributed by atoms with van der Waals surface area (Å²) in [7, 11) is 0. The van der Waals surface area contributed by atoms with E-state index in [1.165, 1.54) is 0 Å². The lowest BCUT2D eigenvalue weighted by Gasteiger charge is -2.34. The van der Waals surface area contributed by atoms with E-state index in [-0.39, 0.29) is 29.4 Å². The summed E-state index contributed by atoms with van der Waals surface area (Å²) >= 11 is 0. The van der Waals surface area contributed by atoms with Crippen LogP contribution in [-0.2, 0) is 24.5 Å². The van der Waals surface area contributed by atoms with Gasteiger partial charge in [-0.25, -0.2) is 4.79 Å². The highest BCUT2D eigenvalue weighted by molar-refractivity contribution is 6.17. The number of anilines is 1. The van der Waals surface area contributed by atoms with E-state index in [4.69, 9.17) is 15.2 Å². The van der Waals surface area contributed by atoms with Gasteiger partial charge in [0.25, 0.3) is 0 Å². The van der Waals surface area contributed by atoms with E-state index < -0.39 is 17.3 Å². The van der Waals surface area contributed by atoms with Gasteiger partial charge >= 0.3 is 5.97 Å². The highest BCUT2D eigenvalue weighted by Gasteiger charge is 2.60. The molecule has 0 radical (unpaired) electrons. The minimum Gasteiger partial charge on any atom is -0.462 e. The number of allylic oxidation sites excluding steroid dienone is 1. The van der Waals surface area contributed by atoms with Crippen LogP contribution >= 0.6 is 0 Å². The Morgan fingerprint density at radius 2 is 2.12 bits per heavy atom. The van der Waals surface area contributed by atoms with Gasteiger partial charge in [0.05, 0.1) is 6.61 Å². The zero-order valence-electron chi connectivity index (χ0n) is 14.6. The molecule has 2 heterocycles. The summed E-state index contributed by atoms with van der Waals surface area (Å²) in [5.41, 5.74) is 5.26. The SMILES string of the molecule is CCCC1=C(C(=O)OCC)[C@@]2(C(=O)Nc3ccccc32)C(C#N)=C(N)O1. The zero-order valence-corrected chi connectivity index (χ0v) is 14.6. The Balaban J connectivity index is 2.39. The Morgan fingerprint density at radius 1 is 1.38 bits per heavy atom. The van der Waals surface area contributed by atoms with Crippen molar-refractivity contribution >= 4 is 17.6 Å². The molecule has 1 amide bonds. The fraction of sp³-hybridized carbons (Fsp3) is 0.316. The van der Waals surface area contributed by atoms with Gasteiger partial charge in [-0.15, -0.1) is 0 Å². The number of rotatable bonds is 4. The van der Waals surface area contributed by atoms with Crippen LogP contribution in [0.4, 0.5) is 5.69 Å². The Labute approximate surface area is 151 Å². The average molecular weight is 353 g/mol. The number of benzene rings is 1. The van der Waals surface area contributed by atoms with Crippen molar-refractivity contribution in [2.75, 3.05) is 11.9 Å². The third-order valence-corrected chi connectivity index (χ3v) is 4.50. The summed E-state index contributed by atoms with van der Waals surface area (Å²) < 4.78 is 10.8. The second kappa shape index (κ2) is 6.56. The van der Waals surface area contributed by atoms with E-state index in [1.807, 2.05) is 13.0 Å². The first-order valence-corrected chi connectivity index (χ1v) is 8.42. The molecule has 0 fully saturated rings. The van der Waals surface area contributed by atoms with Crippen molar-refractivity contribution in [3.63, 3.8) is 0 Å². The molecule has 2 aliphatic heterocycles. The van der Waals surface area contributed by atoms with Gasteiger partial charge in [0.2, 0.25) is 11.8 Å². The summed E-state index contributed by atoms with van der Waals surface area (Å²) in [6.45, 7) is 3.71. The molecule has 1 atom stereocenters. The molecule has 1 aromatic rings. The second-order valence-corrected chi connectivity index (χ2v) is 5.97. The van der Waals surface area contributed by atoms with Crippen LogP contribution in [0.1, 0.15) is 32.3 Å². The number of esters is 1. The topological polar surface area (TPSA) is 114 Å². The van der Waals surface area contributed by atoms with E-state index in [9.17, 15) is 14.9 Å². The standard InChI is InChI=1S/C19H19N3O4/c1-3-7-14-15(17(23)25-4-2)19(12(10-20)16(21)26-14)11-8-5-6-9-13(11)22-18(19)24/h5-6,8-9H,3-4,7,21H2,1-2H3,(H,22,24)/t19-/m0/s1. The van der Waals surface area contributed by atoms with Gasteiger partial charge in [-0.1, -0.05) is 25.1 Å². The minimum absolute atomic E-state index is 0.0226. The number of carbonyl (C=O) groups is 2. The maximum absolute atomic E-state index is 13.1. The smallest absolute Gasteiger partial charge is 0.339 e. The Bertz CT molecular complexity index is 894. The summed E-state index contributed by atoms with van der Waals surface area (Å²) in [5, 5.41) is 12.5. The van der Waals surface area contributed by atoms with Gasteiger partial charge in [-0.3, -0.25) is 4.79 Å². The maximum Gasteiger partial charge on any atom is 0.339 e. The van der Waals surface area contributed by atoms with E-state index in [1.54, 1.807) is 31.2 Å². The third kappa shape index (κ3) is 2.26. The van der Waals surface area contributed by atoms with E-state index in [0.29, 0.717) is 24.1 Å². The van der Waals surface area contributed by atoms with Crippen LogP contribution in [0.3, 0.4) is 0 Å². The normalized spacial score (nSPS) is 21.2. The van der Waals surface area contributed by atoms with Crippen LogP contribution in [0, 0.1) is 11.3 Å². The number of nitrogens with two attached hydrogens (primary N) is 1. The van der Waals surface area contributed by atoms with Crippen molar-refractivity contribution in [1.82, 2.24) is 0 Å². The van der Waals surface area contributed by atoms with Crippen molar-refractivity contribution in [2.45, 2.75) is 32.1 Å². The summed E-state index contributed by atoms with van der Waals surface area (Å²) in [5.74, 6) is -1.12. The molecular formula is C19H19N3O4. The number of nitrogens with zero attached hydrogens (tertiary/aromatic N) is 1. The molecule has 3 N–H and O–H groups in total. The summed E-state index contributed by atoms with van der Waals surface area (Å²) in [6.07, 6.45) is 1.04. The largest absolute Gasteiger partial charge is 0.462 e. The number of fused-ring (bicyclic) bond motifs is 2. The number of amides is 1. The van der Waals surface area contributed by atoms with Crippen molar-refractivity contribution in [3.05, 3.63) is 52.6 Å². The zero-order chi connectivity index (χ0) is 18.9. The lowest BCUT2D eigenvalue weighted by Crippen LogP contribution is -2.46. The van der Waals surface area contributed by atoms with Gasteiger partial charge < -0.3 is 20.5 Å². The number of hydrogen-bond acceptors (Lipinski definition) is 6. The lowest BCUT2D eigenvalue weighted by molar-refractivity contribution is -0.140. The number of nitrogens with one attached hydrogen (secondary N) is 1. The van der Waals surface area contributed by atoms with Crippen LogP contribution in [0.15, 0.2) is 47.1 Å². The predicted molar refractivity (Wildman–Crippen MR) is 93.2 cm³/mol. The minimum atomic E-state index is -1.66. The Kier molecular flexibility index (Phi) is 4.43. The van der Waals surface area contributed by atoms with Gasteiger partial charge in [-0.2, -0.15) is 5.26 Å². The van der Waals surface area contributed by atoms with Crippen LogP contribution < -0.4 is 11.1 Å². The average Bonchev–Trinajstić information content (AvgIpc) is 2.89. The van der Waals surface area contributed by atoms with Crippen LogP contribution in [0.5, 0.6) is 0 Å². The van der Waals surface area contributed by atoms with Crippen molar-refractivity contribution in [3.8, 4) is 6.07 Å². The fourth-order valence-electron chi connectivity index (χ4n) is 3.52. The number of hydrogen-bond donors (Lipinski definition) is 2. The molecule has 7 nitrogen and oxygen atoms in total. The quantitative estimate of drug-likeness (QED) is 0.802. The first-order chi connectivity index (χ1) is 12.5. The van der Waals surface area contributed by atoms with E-state index >= 15 is 0 Å². The number of nitriles is 1. The van der Waals surface area contributed by atoms with Crippen molar-refractivity contribution in [2.24, 2.45) is 5.73 Å². The molecule has 0 bridgehead atoms. The molecular weight excluding hydrogens is 334 g/mol. The van der Waals surface area contributed by atoms with Crippen LogP contribution in [0.2, 0.25) is 0 Å². The molecule has 7 heteroatoms. The monoisotopic (exact) mass is 353 g/mol. The molecule has 0 aliphatic carbocycles. The molecule has 134 valence electrons. The molecule has 0 saturated carbocycles. The Morgan fingerprint density at radius 3 is 2.77 bits per heavy atom. The maximum atomic E-state index is 13.1. The summed E-state index contributed by atoms with van der Waals surface area (Å²) in [4.78, 5) is 26.0. The molecule has 2 aliphatic rings. The lowest BCUT2D eigenvalue weighted by atomic mass is 9.68. The first-order valence-electron chi connectivity index (χ1n) is 8.42. The summed E-state index contributed by atoms with van der Waals surface area (Å²) in [6, 6.07) is 8.89. The number of para-hydroxylation sites is 1. The van der Waals surface area contributed by atoms with E-state index in [2.05, 4.69) is 5.32 Å². The van der Waals surface area contributed by atoms with Gasteiger partial charge in [0, 0.05) is 17.7 Å². The molecule has 1 spiro atoms. The number of carbonyl (C=O) groups excluding carboxylic acids is 2.